The lowest BCUT2D eigenvalue weighted by Crippen LogP contribution is -2.18. The number of carbonyl (C=O) groups is 2. The van der Waals surface area contributed by atoms with Gasteiger partial charge in [0, 0.05) is 21.2 Å². The van der Waals surface area contributed by atoms with Crippen LogP contribution >= 0.6 is 23.2 Å². The van der Waals surface area contributed by atoms with Crippen LogP contribution in [0.4, 0.5) is 0 Å². The van der Waals surface area contributed by atoms with Crippen molar-refractivity contribution in [3.63, 3.8) is 0 Å². The van der Waals surface area contributed by atoms with Crippen LogP contribution in [-0.2, 0) is 11.3 Å². The SMILES string of the molecule is CCOC(=O)c1cc(-c2ccc(Cl)cc2)nn1CC(=O)c1ccc(Cl)cc1. The van der Waals surface area contributed by atoms with Gasteiger partial charge in [-0.2, -0.15) is 5.10 Å². The molecule has 0 saturated heterocycles. The highest BCUT2D eigenvalue weighted by molar-refractivity contribution is 6.31. The van der Waals surface area contributed by atoms with Crippen molar-refractivity contribution in [2.75, 3.05) is 6.61 Å². The summed E-state index contributed by atoms with van der Waals surface area (Å²) in [5, 5.41) is 5.57. The summed E-state index contributed by atoms with van der Waals surface area (Å²) in [5.74, 6) is -0.725. The quantitative estimate of drug-likeness (QED) is 0.433. The first kappa shape index (κ1) is 19.1. The third kappa shape index (κ3) is 4.56. The number of halogens is 2. The van der Waals surface area contributed by atoms with Crippen LogP contribution in [-0.4, -0.2) is 28.1 Å². The number of ketones is 1. The fraction of sp³-hybridized carbons (Fsp3) is 0.150. The van der Waals surface area contributed by atoms with Gasteiger partial charge in [0.15, 0.2) is 5.78 Å². The molecule has 0 N–H and O–H groups in total. The topological polar surface area (TPSA) is 61.2 Å². The molecule has 0 atom stereocenters. The third-order valence-electron chi connectivity index (χ3n) is 3.86. The second-order valence-electron chi connectivity index (χ2n) is 5.73. The van der Waals surface area contributed by atoms with Gasteiger partial charge in [-0.05, 0) is 49.4 Å². The van der Waals surface area contributed by atoms with Gasteiger partial charge in [0.2, 0.25) is 0 Å². The molecule has 0 fully saturated rings. The first-order chi connectivity index (χ1) is 13.0. The minimum Gasteiger partial charge on any atom is -0.461 e. The highest BCUT2D eigenvalue weighted by Crippen LogP contribution is 2.22. The van der Waals surface area contributed by atoms with E-state index in [-0.39, 0.29) is 24.6 Å². The van der Waals surface area contributed by atoms with Gasteiger partial charge < -0.3 is 4.74 Å². The van der Waals surface area contributed by atoms with Crippen molar-refractivity contribution in [2.24, 2.45) is 0 Å². The fourth-order valence-corrected chi connectivity index (χ4v) is 2.78. The lowest BCUT2D eigenvalue weighted by atomic mass is 10.1. The molecule has 1 aromatic heterocycles. The highest BCUT2D eigenvalue weighted by Gasteiger charge is 2.20. The summed E-state index contributed by atoms with van der Waals surface area (Å²) in [4.78, 5) is 24.9. The minimum absolute atomic E-state index is 0.0939. The van der Waals surface area contributed by atoms with E-state index in [1.165, 1.54) is 4.68 Å². The van der Waals surface area contributed by atoms with Crippen LogP contribution in [0.2, 0.25) is 10.0 Å². The molecule has 0 aliphatic carbocycles. The Hall–Kier alpha value is -2.63. The van der Waals surface area contributed by atoms with E-state index in [9.17, 15) is 9.59 Å². The van der Waals surface area contributed by atoms with Crippen LogP contribution in [0.1, 0.15) is 27.8 Å². The average molecular weight is 403 g/mol. The summed E-state index contributed by atoms with van der Waals surface area (Å²) in [7, 11) is 0. The first-order valence-electron chi connectivity index (χ1n) is 8.27. The maximum absolute atomic E-state index is 12.6. The van der Waals surface area contributed by atoms with Crippen LogP contribution < -0.4 is 0 Å². The smallest absolute Gasteiger partial charge is 0.356 e. The Morgan fingerprint density at radius 2 is 1.59 bits per heavy atom. The normalized spacial score (nSPS) is 10.6. The van der Waals surface area contributed by atoms with E-state index in [0.717, 1.165) is 5.56 Å². The molecule has 2 aromatic carbocycles. The monoisotopic (exact) mass is 402 g/mol. The number of ether oxygens (including phenoxy) is 1. The number of esters is 1. The van der Waals surface area contributed by atoms with E-state index >= 15 is 0 Å². The van der Waals surface area contributed by atoms with Gasteiger partial charge >= 0.3 is 5.97 Å². The van der Waals surface area contributed by atoms with Crippen LogP contribution in [0.5, 0.6) is 0 Å². The number of hydrogen-bond donors (Lipinski definition) is 0. The molecule has 5 nitrogen and oxygen atoms in total. The standard InChI is InChI=1S/C20H16Cl2N2O3/c1-2-27-20(26)18-11-17(13-3-7-15(21)8-4-13)23-24(18)12-19(25)14-5-9-16(22)10-6-14/h3-11H,2,12H2,1H3. The van der Waals surface area contributed by atoms with Crippen molar-refractivity contribution >= 4 is 35.0 Å². The summed E-state index contributed by atoms with van der Waals surface area (Å²) >= 11 is 11.8. The summed E-state index contributed by atoms with van der Waals surface area (Å²) in [6, 6.07) is 15.2. The Morgan fingerprint density at radius 3 is 2.19 bits per heavy atom. The average Bonchev–Trinajstić information content (AvgIpc) is 3.07. The van der Waals surface area contributed by atoms with Crippen molar-refractivity contribution < 1.29 is 14.3 Å². The van der Waals surface area contributed by atoms with Gasteiger partial charge in [0.05, 0.1) is 12.3 Å². The first-order valence-corrected chi connectivity index (χ1v) is 9.03. The van der Waals surface area contributed by atoms with Gasteiger partial charge in [-0.25, -0.2) is 9.48 Å². The van der Waals surface area contributed by atoms with Gasteiger partial charge in [-0.1, -0.05) is 35.3 Å². The zero-order valence-corrected chi connectivity index (χ0v) is 16.0. The maximum atomic E-state index is 12.6. The highest BCUT2D eigenvalue weighted by atomic mass is 35.5. The lowest BCUT2D eigenvalue weighted by molar-refractivity contribution is 0.0512. The summed E-state index contributed by atoms with van der Waals surface area (Å²) in [5.41, 5.74) is 2.03. The zero-order valence-electron chi connectivity index (χ0n) is 14.5. The molecule has 0 aliphatic rings. The Bertz CT molecular complexity index is 964. The van der Waals surface area contributed by atoms with Crippen LogP contribution in [0, 0.1) is 0 Å². The fourth-order valence-electron chi connectivity index (χ4n) is 2.53. The van der Waals surface area contributed by atoms with Crippen molar-refractivity contribution in [2.45, 2.75) is 13.5 Å². The van der Waals surface area contributed by atoms with Crippen molar-refractivity contribution in [3.05, 3.63) is 75.9 Å². The lowest BCUT2D eigenvalue weighted by Gasteiger charge is -2.06. The predicted molar refractivity (Wildman–Crippen MR) is 104 cm³/mol. The molecule has 0 spiro atoms. The predicted octanol–water partition coefficient (Wildman–Crippen LogP) is 4.92. The molecule has 7 heteroatoms. The van der Waals surface area contributed by atoms with Crippen molar-refractivity contribution in [3.8, 4) is 11.3 Å². The molecular weight excluding hydrogens is 387 g/mol. The Balaban J connectivity index is 1.94. The van der Waals surface area contributed by atoms with Crippen molar-refractivity contribution in [1.29, 1.82) is 0 Å². The zero-order chi connectivity index (χ0) is 19.4. The molecule has 0 unspecified atom stereocenters. The van der Waals surface area contributed by atoms with E-state index in [2.05, 4.69) is 5.10 Å². The van der Waals surface area contributed by atoms with Crippen LogP contribution in [0.3, 0.4) is 0 Å². The number of benzene rings is 2. The minimum atomic E-state index is -0.533. The van der Waals surface area contributed by atoms with Gasteiger partial charge in [-0.15, -0.1) is 0 Å². The Labute approximate surface area is 166 Å². The molecule has 3 rings (SSSR count). The van der Waals surface area contributed by atoms with Gasteiger partial charge in [0.25, 0.3) is 0 Å². The van der Waals surface area contributed by atoms with E-state index < -0.39 is 5.97 Å². The molecule has 0 amide bonds. The molecule has 0 bridgehead atoms. The molecule has 0 aliphatic heterocycles. The number of carbonyl (C=O) groups excluding carboxylic acids is 2. The van der Waals surface area contributed by atoms with Crippen LogP contribution in [0.25, 0.3) is 11.3 Å². The van der Waals surface area contributed by atoms with E-state index in [1.807, 2.05) is 0 Å². The number of aromatic nitrogens is 2. The number of rotatable bonds is 6. The second kappa shape index (κ2) is 8.37. The van der Waals surface area contributed by atoms with E-state index in [1.54, 1.807) is 61.5 Å². The second-order valence-corrected chi connectivity index (χ2v) is 6.60. The van der Waals surface area contributed by atoms with Crippen molar-refractivity contribution in [1.82, 2.24) is 9.78 Å². The number of hydrogen-bond acceptors (Lipinski definition) is 4. The molecule has 3 aromatic rings. The molecule has 0 radical (unpaired) electrons. The summed E-state index contributed by atoms with van der Waals surface area (Å²) in [6.07, 6.45) is 0. The molecule has 138 valence electrons. The molecule has 27 heavy (non-hydrogen) atoms. The number of Topliss-reactive ketones (excluding diaryl/α,β-unsaturated/α-hetero) is 1. The maximum Gasteiger partial charge on any atom is 0.356 e. The largest absolute Gasteiger partial charge is 0.461 e. The Morgan fingerprint density at radius 1 is 1.00 bits per heavy atom. The summed E-state index contributed by atoms with van der Waals surface area (Å²) in [6.45, 7) is 1.85. The Kier molecular flexibility index (Phi) is 5.94. The number of nitrogens with zero attached hydrogens (tertiary/aromatic N) is 2. The molecular formula is C20H16Cl2N2O3. The molecule has 1 heterocycles. The van der Waals surface area contributed by atoms with E-state index in [0.29, 0.717) is 21.3 Å². The molecule has 0 saturated carbocycles. The van der Waals surface area contributed by atoms with Gasteiger partial charge in [-0.3, -0.25) is 4.79 Å². The van der Waals surface area contributed by atoms with Gasteiger partial charge in [0.1, 0.15) is 12.2 Å². The van der Waals surface area contributed by atoms with E-state index in [4.69, 9.17) is 27.9 Å². The third-order valence-corrected chi connectivity index (χ3v) is 4.37. The summed E-state index contributed by atoms with van der Waals surface area (Å²) < 4.78 is 6.45. The van der Waals surface area contributed by atoms with Crippen LogP contribution in [0.15, 0.2) is 54.6 Å².